The van der Waals surface area contributed by atoms with E-state index in [1.165, 1.54) is 12.1 Å². The third-order valence-electron chi connectivity index (χ3n) is 1.19. The van der Waals surface area contributed by atoms with Gasteiger partial charge in [0.25, 0.3) is 0 Å². The highest BCUT2D eigenvalue weighted by atomic mass is 79.9. The second-order valence-corrected chi connectivity index (χ2v) is 3.11. The molecule has 0 saturated heterocycles. The highest BCUT2D eigenvalue weighted by Gasteiger charge is 2.08. The molecule has 0 fully saturated rings. The molecule has 0 atom stereocenters. The molecule has 1 nitrogen and oxygen atoms in total. The van der Waals surface area contributed by atoms with Crippen molar-refractivity contribution in [1.82, 2.24) is 0 Å². The van der Waals surface area contributed by atoms with Crippen LogP contribution in [0, 0.1) is 5.82 Å². The molecule has 0 amide bonds. The van der Waals surface area contributed by atoms with Gasteiger partial charge in [-0.05, 0) is 28.1 Å². The van der Waals surface area contributed by atoms with E-state index in [-0.39, 0.29) is 15.1 Å². The Kier molecular flexibility index (Phi) is 2.62. The van der Waals surface area contributed by atoms with Gasteiger partial charge >= 0.3 is 0 Å². The van der Waals surface area contributed by atoms with Crippen molar-refractivity contribution in [2.24, 2.45) is 0 Å². The summed E-state index contributed by atoms with van der Waals surface area (Å²) in [6.07, 6.45) is 0.512. The molecule has 0 N–H and O–H groups in total. The first kappa shape index (κ1) is 8.68. The summed E-state index contributed by atoms with van der Waals surface area (Å²) < 4.78 is 13.1. The van der Waals surface area contributed by atoms with Gasteiger partial charge in [-0.2, -0.15) is 0 Å². The van der Waals surface area contributed by atoms with Gasteiger partial charge in [-0.15, -0.1) is 0 Å². The number of halogens is 3. The van der Waals surface area contributed by atoms with Gasteiger partial charge in [-0.3, -0.25) is 4.79 Å². The molecule has 1 aromatic rings. The average molecular weight is 237 g/mol. The SMILES string of the molecule is O=Cc1ccc(Br)c(F)c1Cl. The summed E-state index contributed by atoms with van der Waals surface area (Å²) in [6.45, 7) is 0. The summed E-state index contributed by atoms with van der Waals surface area (Å²) >= 11 is 8.40. The highest BCUT2D eigenvalue weighted by Crippen LogP contribution is 2.25. The molecule has 4 heteroatoms. The van der Waals surface area contributed by atoms with E-state index in [4.69, 9.17) is 11.6 Å². The molecule has 0 unspecified atom stereocenters. The molecule has 0 aliphatic rings. The largest absolute Gasteiger partial charge is 0.298 e. The molecular formula is C7H3BrClFO. The molecule has 1 aromatic carbocycles. The van der Waals surface area contributed by atoms with E-state index in [2.05, 4.69) is 15.9 Å². The molecule has 0 radical (unpaired) electrons. The second-order valence-electron chi connectivity index (χ2n) is 1.88. The molecule has 0 bridgehead atoms. The minimum atomic E-state index is -0.601. The standard InChI is InChI=1S/C7H3BrClFO/c8-5-2-1-4(3-11)6(9)7(5)10/h1-3H. The Balaban J connectivity index is 3.36. The third-order valence-corrected chi connectivity index (χ3v) is 2.19. The van der Waals surface area contributed by atoms with E-state index in [1.54, 1.807) is 0 Å². The minimum Gasteiger partial charge on any atom is -0.298 e. The fraction of sp³-hybridized carbons (Fsp3) is 0. The van der Waals surface area contributed by atoms with Crippen LogP contribution < -0.4 is 0 Å². The second kappa shape index (κ2) is 3.32. The van der Waals surface area contributed by atoms with E-state index in [1.807, 2.05) is 0 Å². The van der Waals surface area contributed by atoms with Crippen LogP contribution in [-0.4, -0.2) is 6.29 Å². The normalized spacial score (nSPS) is 9.73. The van der Waals surface area contributed by atoms with Crippen molar-refractivity contribution in [3.63, 3.8) is 0 Å². The first-order valence-electron chi connectivity index (χ1n) is 2.75. The maximum absolute atomic E-state index is 12.8. The van der Waals surface area contributed by atoms with Crippen LogP contribution in [0.4, 0.5) is 4.39 Å². The minimum absolute atomic E-state index is 0.144. The topological polar surface area (TPSA) is 17.1 Å². The lowest BCUT2D eigenvalue weighted by atomic mass is 10.2. The molecule has 0 heterocycles. The number of aldehydes is 1. The van der Waals surface area contributed by atoms with Gasteiger partial charge in [0.05, 0.1) is 9.50 Å². The van der Waals surface area contributed by atoms with Crippen molar-refractivity contribution >= 4 is 33.8 Å². The zero-order valence-electron chi connectivity index (χ0n) is 5.27. The maximum Gasteiger partial charge on any atom is 0.156 e. The number of benzene rings is 1. The molecule has 0 saturated carbocycles. The van der Waals surface area contributed by atoms with E-state index in [0.717, 1.165) is 0 Å². The van der Waals surface area contributed by atoms with Gasteiger partial charge in [0.2, 0.25) is 0 Å². The molecular weight excluding hydrogens is 234 g/mol. The Morgan fingerprint density at radius 3 is 2.73 bits per heavy atom. The molecule has 1 rings (SSSR count). The van der Waals surface area contributed by atoms with Crippen molar-refractivity contribution in [2.45, 2.75) is 0 Å². The number of hydrogen-bond acceptors (Lipinski definition) is 1. The lowest BCUT2D eigenvalue weighted by Gasteiger charge is -1.98. The number of hydrogen-bond donors (Lipinski definition) is 0. The number of rotatable bonds is 1. The zero-order chi connectivity index (χ0) is 8.43. The Bertz CT molecular complexity index is 301. The Labute approximate surface area is 76.3 Å². The Hall–Kier alpha value is -0.410. The maximum atomic E-state index is 12.8. The van der Waals surface area contributed by atoms with Gasteiger partial charge < -0.3 is 0 Å². The van der Waals surface area contributed by atoms with E-state index in [9.17, 15) is 9.18 Å². The first-order valence-corrected chi connectivity index (χ1v) is 3.92. The third kappa shape index (κ3) is 1.60. The van der Waals surface area contributed by atoms with Crippen LogP contribution in [0.5, 0.6) is 0 Å². The van der Waals surface area contributed by atoms with Crippen LogP contribution >= 0.6 is 27.5 Å². The molecule has 11 heavy (non-hydrogen) atoms. The lowest BCUT2D eigenvalue weighted by molar-refractivity contribution is 0.112. The highest BCUT2D eigenvalue weighted by molar-refractivity contribution is 9.10. The van der Waals surface area contributed by atoms with Crippen molar-refractivity contribution in [3.05, 3.63) is 33.0 Å². The van der Waals surface area contributed by atoms with Crippen LogP contribution in [0.1, 0.15) is 10.4 Å². The molecule has 58 valence electrons. The molecule has 0 aliphatic carbocycles. The van der Waals surface area contributed by atoms with Crippen molar-refractivity contribution in [2.75, 3.05) is 0 Å². The summed E-state index contributed by atoms with van der Waals surface area (Å²) in [4.78, 5) is 10.2. The monoisotopic (exact) mass is 236 g/mol. The summed E-state index contributed by atoms with van der Waals surface area (Å²) in [5.41, 5.74) is 0.160. The molecule has 0 spiro atoms. The summed E-state index contributed by atoms with van der Waals surface area (Å²) in [5, 5.41) is -0.144. The van der Waals surface area contributed by atoms with Crippen LogP contribution in [-0.2, 0) is 0 Å². The predicted molar refractivity (Wildman–Crippen MR) is 44.5 cm³/mol. The quantitative estimate of drug-likeness (QED) is 0.542. The van der Waals surface area contributed by atoms with E-state index in [0.29, 0.717) is 6.29 Å². The van der Waals surface area contributed by atoms with Gasteiger partial charge in [-0.1, -0.05) is 11.6 Å². The summed E-state index contributed by atoms with van der Waals surface area (Å²) in [6, 6.07) is 2.88. The van der Waals surface area contributed by atoms with Crippen LogP contribution in [0.25, 0.3) is 0 Å². The molecule has 0 aromatic heterocycles. The van der Waals surface area contributed by atoms with E-state index < -0.39 is 5.82 Å². The predicted octanol–water partition coefficient (Wildman–Crippen LogP) is 3.05. The Morgan fingerprint density at radius 1 is 1.55 bits per heavy atom. The van der Waals surface area contributed by atoms with Crippen molar-refractivity contribution in [1.29, 1.82) is 0 Å². The summed E-state index contributed by atoms with van der Waals surface area (Å²) in [5.74, 6) is -0.601. The Morgan fingerprint density at radius 2 is 2.18 bits per heavy atom. The van der Waals surface area contributed by atoms with Gasteiger partial charge in [0.15, 0.2) is 12.1 Å². The number of carbonyl (C=O) groups excluding carboxylic acids is 1. The van der Waals surface area contributed by atoms with E-state index >= 15 is 0 Å². The van der Waals surface area contributed by atoms with Crippen LogP contribution in [0.15, 0.2) is 16.6 Å². The van der Waals surface area contributed by atoms with Gasteiger partial charge in [0, 0.05) is 5.56 Å². The molecule has 0 aliphatic heterocycles. The van der Waals surface area contributed by atoms with Crippen molar-refractivity contribution in [3.8, 4) is 0 Å². The van der Waals surface area contributed by atoms with Crippen LogP contribution in [0.2, 0.25) is 5.02 Å². The zero-order valence-corrected chi connectivity index (χ0v) is 7.62. The lowest BCUT2D eigenvalue weighted by Crippen LogP contribution is -1.86. The number of carbonyl (C=O) groups is 1. The first-order chi connectivity index (χ1) is 5.16. The van der Waals surface area contributed by atoms with Gasteiger partial charge in [-0.25, -0.2) is 4.39 Å². The average Bonchev–Trinajstić information content (AvgIpc) is 2.01. The smallest absolute Gasteiger partial charge is 0.156 e. The fourth-order valence-electron chi connectivity index (χ4n) is 0.632. The fourth-order valence-corrected chi connectivity index (χ4v) is 1.29. The summed E-state index contributed by atoms with van der Waals surface area (Å²) in [7, 11) is 0. The van der Waals surface area contributed by atoms with Gasteiger partial charge in [0.1, 0.15) is 0 Å². The van der Waals surface area contributed by atoms with Crippen LogP contribution in [0.3, 0.4) is 0 Å². The van der Waals surface area contributed by atoms with Crippen molar-refractivity contribution < 1.29 is 9.18 Å².